The molecule has 4 aromatic heterocycles. The van der Waals surface area contributed by atoms with Crippen LogP contribution >= 0.6 is 11.6 Å². The molecule has 2 aliphatic rings. The third kappa shape index (κ3) is 4.48. The van der Waals surface area contributed by atoms with E-state index in [4.69, 9.17) is 26.3 Å². The third-order valence-electron chi connectivity index (χ3n) is 8.21. The lowest BCUT2D eigenvalue weighted by Gasteiger charge is -2.42. The Kier molecular flexibility index (Phi) is 7.03. The van der Waals surface area contributed by atoms with Crippen molar-refractivity contribution in [2.45, 2.75) is 52.6 Å². The predicted octanol–water partition coefficient (Wildman–Crippen LogP) is 5.09. The van der Waals surface area contributed by atoms with E-state index in [1.54, 1.807) is 17.0 Å². The first-order valence-corrected chi connectivity index (χ1v) is 14.4. The van der Waals surface area contributed by atoms with Gasteiger partial charge in [-0.3, -0.25) is 14.9 Å². The molecule has 0 spiro atoms. The number of anilines is 1. The molecule has 41 heavy (non-hydrogen) atoms. The molecule has 1 saturated heterocycles. The van der Waals surface area contributed by atoms with Crippen LogP contribution in [0.2, 0.25) is 5.02 Å². The number of piperazine rings is 1. The number of ether oxygens (including phenoxy) is 1. The van der Waals surface area contributed by atoms with Crippen molar-refractivity contribution < 1.29 is 4.74 Å². The van der Waals surface area contributed by atoms with Gasteiger partial charge in [-0.05, 0) is 50.5 Å². The number of hydrogen-bond acceptors (Lipinski definition) is 8. The molecule has 1 unspecified atom stereocenters. The Morgan fingerprint density at radius 2 is 1.93 bits per heavy atom. The van der Waals surface area contributed by atoms with Gasteiger partial charge in [-0.15, -0.1) is 6.58 Å². The van der Waals surface area contributed by atoms with Gasteiger partial charge in [-0.25, -0.2) is 14.3 Å². The van der Waals surface area contributed by atoms with Crippen molar-refractivity contribution in [2.75, 3.05) is 31.1 Å². The number of rotatable bonds is 5. The minimum absolute atomic E-state index is 0.0319. The summed E-state index contributed by atoms with van der Waals surface area (Å²) in [5.74, 6) is 1.10. The summed E-state index contributed by atoms with van der Waals surface area (Å²) in [4.78, 5) is 37.7. The highest BCUT2D eigenvalue weighted by molar-refractivity contribution is 6.36. The van der Waals surface area contributed by atoms with Crippen LogP contribution in [0.4, 0.5) is 5.82 Å². The number of aromatic nitrogens is 5. The van der Waals surface area contributed by atoms with Crippen LogP contribution in [0.3, 0.4) is 0 Å². The van der Waals surface area contributed by atoms with Crippen molar-refractivity contribution in [2.24, 2.45) is 0 Å². The first-order chi connectivity index (χ1) is 19.7. The van der Waals surface area contributed by atoms with E-state index in [-0.39, 0.29) is 18.0 Å². The highest BCUT2D eigenvalue weighted by atomic mass is 35.5. The standard InChI is InChI=1S/C31H34ClN7O2/c1-7-19(5)37-13-14-38-21(15-37)16-41-28-23-29(38)36-31(40)39(27-18(4)10-12-34-25(27)17(2)3)30(23)35-26(24(28)32)22-9-8-11-33-20(22)6/h7-12,17,19,21H,1,13-16H2,2-6H3/t19?,21-/m0/s1. The fourth-order valence-electron chi connectivity index (χ4n) is 5.92. The molecule has 0 aliphatic carbocycles. The quantitative estimate of drug-likeness (QED) is 0.306. The summed E-state index contributed by atoms with van der Waals surface area (Å²) >= 11 is 7.14. The number of aryl methyl sites for hydroxylation is 2. The molecule has 6 rings (SSSR count). The molecule has 212 valence electrons. The fourth-order valence-corrected chi connectivity index (χ4v) is 6.22. The summed E-state index contributed by atoms with van der Waals surface area (Å²) in [6, 6.07) is 5.88. The lowest BCUT2D eigenvalue weighted by atomic mass is 10.0. The van der Waals surface area contributed by atoms with E-state index in [0.717, 1.165) is 35.6 Å². The smallest absolute Gasteiger partial charge is 0.355 e. The monoisotopic (exact) mass is 571 g/mol. The molecule has 0 amide bonds. The second-order valence-corrected chi connectivity index (χ2v) is 11.5. The van der Waals surface area contributed by atoms with Crippen molar-refractivity contribution in [3.05, 3.63) is 75.7 Å². The van der Waals surface area contributed by atoms with Gasteiger partial charge in [-0.2, -0.15) is 4.98 Å². The highest BCUT2D eigenvalue weighted by Crippen LogP contribution is 2.45. The van der Waals surface area contributed by atoms with Crippen LogP contribution in [-0.2, 0) is 0 Å². The van der Waals surface area contributed by atoms with Gasteiger partial charge in [0.05, 0.1) is 23.1 Å². The van der Waals surface area contributed by atoms with E-state index in [2.05, 4.69) is 47.1 Å². The van der Waals surface area contributed by atoms with Crippen LogP contribution in [-0.4, -0.2) is 67.7 Å². The van der Waals surface area contributed by atoms with Crippen molar-refractivity contribution in [3.63, 3.8) is 0 Å². The van der Waals surface area contributed by atoms with Gasteiger partial charge in [0.15, 0.2) is 11.4 Å². The van der Waals surface area contributed by atoms with E-state index in [1.807, 2.05) is 38.1 Å². The number of halogens is 1. The minimum atomic E-state index is -0.414. The van der Waals surface area contributed by atoms with Gasteiger partial charge in [0.1, 0.15) is 22.8 Å². The maximum absolute atomic E-state index is 14.1. The molecule has 6 heterocycles. The van der Waals surface area contributed by atoms with Gasteiger partial charge < -0.3 is 9.64 Å². The largest absolute Gasteiger partial charge is 0.489 e. The van der Waals surface area contributed by atoms with E-state index < -0.39 is 5.69 Å². The maximum atomic E-state index is 14.1. The molecule has 4 aromatic rings. The van der Waals surface area contributed by atoms with Crippen LogP contribution in [0, 0.1) is 13.8 Å². The molecular weight excluding hydrogens is 538 g/mol. The van der Waals surface area contributed by atoms with Gasteiger partial charge in [0.2, 0.25) is 0 Å². The van der Waals surface area contributed by atoms with Crippen LogP contribution in [0.15, 0.2) is 48.0 Å². The normalized spacial score (nSPS) is 17.7. The summed E-state index contributed by atoms with van der Waals surface area (Å²) in [5, 5.41) is 1.01. The number of nitrogens with zero attached hydrogens (tertiary/aromatic N) is 7. The van der Waals surface area contributed by atoms with Crippen LogP contribution < -0.4 is 15.3 Å². The average molecular weight is 572 g/mol. The molecule has 1 fully saturated rings. The van der Waals surface area contributed by atoms with Gasteiger partial charge in [0, 0.05) is 49.3 Å². The zero-order valence-electron chi connectivity index (χ0n) is 24.1. The molecule has 0 saturated carbocycles. The molecular formula is C31H34ClN7O2. The number of fused-ring (bicyclic) bond motifs is 2. The van der Waals surface area contributed by atoms with Gasteiger partial charge >= 0.3 is 5.69 Å². The Labute approximate surface area is 244 Å². The van der Waals surface area contributed by atoms with Crippen LogP contribution in [0.1, 0.15) is 43.6 Å². The van der Waals surface area contributed by atoms with Gasteiger partial charge in [0.25, 0.3) is 0 Å². The van der Waals surface area contributed by atoms with Crippen molar-refractivity contribution in [1.29, 1.82) is 0 Å². The third-order valence-corrected chi connectivity index (χ3v) is 8.56. The molecule has 0 N–H and O–H groups in total. The van der Waals surface area contributed by atoms with E-state index in [9.17, 15) is 4.79 Å². The topological polar surface area (TPSA) is 89.3 Å². The molecule has 0 aromatic carbocycles. The minimum Gasteiger partial charge on any atom is -0.489 e. The molecule has 2 aliphatic heterocycles. The Balaban J connectivity index is 1.69. The zero-order chi connectivity index (χ0) is 29.0. The van der Waals surface area contributed by atoms with Crippen molar-refractivity contribution in [3.8, 4) is 22.7 Å². The van der Waals surface area contributed by atoms with E-state index in [0.29, 0.717) is 52.2 Å². The summed E-state index contributed by atoms with van der Waals surface area (Å²) < 4.78 is 8.15. The van der Waals surface area contributed by atoms with Crippen molar-refractivity contribution in [1.82, 2.24) is 29.4 Å². The van der Waals surface area contributed by atoms with E-state index in [1.165, 1.54) is 0 Å². The van der Waals surface area contributed by atoms with Crippen molar-refractivity contribution >= 4 is 28.5 Å². The van der Waals surface area contributed by atoms with Crippen LogP contribution in [0.5, 0.6) is 5.75 Å². The summed E-state index contributed by atoms with van der Waals surface area (Å²) in [5.41, 5.74) is 4.47. The zero-order valence-corrected chi connectivity index (χ0v) is 24.8. The number of pyridine rings is 3. The first kappa shape index (κ1) is 27.4. The Bertz CT molecular complexity index is 1730. The highest BCUT2D eigenvalue weighted by Gasteiger charge is 2.37. The summed E-state index contributed by atoms with van der Waals surface area (Å²) in [6.45, 7) is 16.7. The SMILES string of the molecule is C=CC(C)N1CCN2c3nc(=O)n(-c4c(C)ccnc4C(C)C)c4nc(-c5cccnc5C)c(Cl)c(c34)OC[C@@H]2C1. The lowest BCUT2D eigenvalue weighted by Crippen LogP contribution is -2.57. The maximum Gasteiger partial charge on any atom is 0.355 e. The predicted molar refractivity (Wildman–Crippen MR) is 163 cm³/mol. The summed E-state index contributed by atoms with van der Waals surface area (Å²) in [6.07, 6.45) is 5.46. The Morgan fingerprint density at radius 1 is 1.12 bits per heavy atom. The summed E-state index contributed by atoms with van der Waals surface area (Å²) in [7, 11) is 0. The second-order valence-electron chi connectivity index (χ2n) is 11.1. The second kappa shape index (κ2) is 10.5. The molecule has 0 bridgehead atoms. The molecule has 9 nitrogen and oxygen atoms in total. The molecule has 0 radical (unpaired) electrons. The Hall–Kier alpha value is -3.82. The first-order valence-electron chi connectivity index (χ1n) is 14.0. The number of hydrogen-bond donors (Lipinski definition) is 0. The lowest BCUT2D eigenvalue weighted by molar-refractivity contribution is 0.165. The van der Waals surface area contributed by atoms with Gasteiger partial charge in [-0.1, -0.05) is 31.5 Å². The molecule has 2 atom stereocenters. The molecule has 10 heteroatoms. The fraction of sp³-hybridized carbons (Fsp3) is 0.387. The Morgan fingerprint density at radius 3 is 2.66 bits per heavy atom. The average Bonchev–Trinajstić information content (AvgIpc) is 3.12. The van der Waals surface area contributed by atoms with E-state index >= 15 is 0 Å². The van der Waals surface area contributed by atoms with Crippen LogP contribution in [0.25, 0.3) is 28.0 Å².